The van der Waals surface area contributed by atoms with E-state index in [0.29, 0.717) is 12.3 Å². The Kier molecular flexibility index (Phi) is 4.91. The first-order chi connectivity index (χ1) is 9.70. The van der Waals surface area contributed by atoms with E-state index in [-0.39, 0.29) is 6.04 Å². The number of nitriles is 1. The number of hydrogen-bond donors (Lipinski definition) is 1. The van der Waals surface area contributed by atoms with Crippen molar-refractivity contribution >= 4 is 17.2 Å². The first-order valence-corrected chi connectivity index (χ1v) is 7.38. The van der Waals surface area contributed by atoms with E-state index in [1.54, 1.807) is 11.3 Å². The van der Waals surface area contributed by atoms with Crippen molar-refractivity contribution in [1.29, 1.82) is 5.26 Å². The molecular weight excluding hydrogens is 266 g/mol. The van der Waals surface area contributed by atoms with Gasteiger partial charge in [0.1, 0.15) is 5.84 Å². The average Bonchev–Trinajstić information content (AvgIpc) is 2.95. The fraction of sp³-hybridized carbons (Fsp3) is 0.250. The maximum atomic E-state index is 8.89. The van der Waals surface area contributed by atoms with Crippen LogP contribution in [-0.4, -0.2) is 5.84 Å². The number of thiophene rings is 1. The third-order valence-electron chi connectivity index (χ3n) is 3.12. The second-order valence-corrected chi connectivity index (χ2v) is 5.59. The summed E-state index contributed by atoms with van der Waals surface area (Å²) in [6.45, 7) is 4.12. The summed E-state index contributed by atoms with van der Waals surface area (Å²) < 4.78 is 0. The second-order valence-electron chi connectivity index (χ2n) is 4.61. The molecule has 0 fully saturated rings. The average molecular weight is 283 g/mol. The van der Waals surface area contributed by atoms with Crippen molar-refractivity contribution in [3.05, 3.63) is 57.8 Å². The molecule has 20 heavy (non-hydrogen) atoms. The van der Waals surface area contributed by atoms with Gasteiger partial charge >= 0.3 is 0 Å². The molecule has 0 saturated carbocycles. The summed E-state index contributed by atoms with van der Waals surface area (Å²) in [6.07, 6.45) is 2.63. The molecule has 1 aromatic heterocycles. The van der Waals surface area contributed by atoms with E-state index in [9.17, 15) is 0 Å². The van der Waals surface area contributed by atoms with Gasteiger partial charge in [-0.2, -0.15) is 5.26 Å². The Morgan fingerprint density at radius 1 is 1.35 bits per heavy atom. The van der Waals surface area contributed by atoms with E-state index in [1.807, 2.05) is 36.7 Å². The van der Waals surface area contributed by atoms with Gasteiger partial charge in [-0.25, -0.2) is 0 Å². The minimum absolute atomic E-state index is 0.0647. The van der Waals surface area contributed by atoms with Gasteiger partial charge in [-0.15, -0.1) is 11.3 Å². The molecule has 2 rings (SSSR count). The number of nitrogens with one attached hydrogen (secondary N) is 1. The summed E-state index contributed by atoms with van der Waals surface area (Å²) in [5.74, 6) is 0.711. The quantitative estimate of drug-likeness (QED) is 0.401. The van der Waals surface area contributed by atoms with Gasteiger partial charge < -0.3 is 0 Å². The molecule has 1 unspecified atom stereocenters. The van der Waals surface area contributed by atoms with Gasteiger partial charge in [-0.1, -0.05) is 30.3 Å². The molecule has 1 aromatic carbocycles. The van der Waals surface area contributed by atoms with Crippen LogP contribution in [0.25, 0.3) is 0 Å². The number of hydrogen-bond acceptors (Lipinski definition) is 3. The summed E-state index contributed by atoms with van der Waals surface area (Å²) in [5, 5.41) is 13.6. The number of aryl methyl sites for hydroxylation is 1. The zero-order valence-corrected chi connectivity index (χ0v) is 12.4. The lowest BCUT2D eigenvalue weighted by atomic mass is 10.1. The Hall–Kier alpha value is -2.12. The second kappa shape index (κ2) is 6.88. The molecule has 0 radical (unpaired) electrons. The highest BCUT2D eigenvalue weighted by molar-refractivity contribution is 7.10. The van der Waals surface area contributed by atoms with Crippen molar-refractivity contribution in [2.45, 2.75) is 26.3 Å². The van der Waals surface area contributed by atoms with Gasteiger partial charge in [0, 0.05) is 11.3 Å². The first kappa shape index (κ1) is 14.3. The Morgan fingerprint density at radius 3 is 2.80 bits per heavy atom. The molecule has 2 aromatic rings. The maximum absolute atomic E-state index is 8.89. The molecule has 0 spiro atoms. The van der Waals surface area contributed by atoms with Crippen LogP contribution in [0.15, 0.2) is 46.8 Å². The number of rotatable bonds is 4. The third-order valence-corrected chi connectivity index (χ3v) is 4.17. The van der Waals surface area contributed by atoms with E-state index in [2.05, 4.69) is 35.4 Å². The van der Waals surface area contributed by atoms with Crippen LogP contribution >= 0.6 is 11.3 Å². The zero-order chi connectivity index (χ0) is 14.4. The summed E-state index contributed by atoms with van der Waals surface area (Å²) in [7, 11) is 0. The van der Waals surface area contributed by atoms with Gasteiger partial charge in [-0.05, 0) is 36.4 Å². The lowest BCUT2D eigenvalue weighted by Crippen LogP contribution is -2.21. The van der Waals surface area contributed by atoms with Crippen molar-refractivity contribution in [1.82, 2.24) is 5.32 Å². The fourth-order valence-electron chi connectivity index (χ4n) is 2.00. The molecule has 1 heterocycles. The molecular formula is C16H17N3S. The van der Waals surface area contributed by atoms with Crippen LogP contribution in [0, 0.1) is 18.4 Å². The van der Waals surface area contributed by atoms with Crippen molar-refractivity contribution in [2.75, 3.05) is 0 Å². The smallest absolute Gasteiger partial charge is 0.182 e. The molecule has 0 aliphatic heterocycles. The number of amidine groups is 1. The van der Waals surface area contributed by atoms with Crippen LogP contribution in [0.5, 0.6) is 0 Å². The Morgan fingerprint density at radius 2 is 2.15 bits per heavy atom. The molecule has 1 N–H and O–H groups in total. The molecule has 1 atom stereocenters. The molecule has 0 bridgehead atoms. The standard InChI is InChI=1S/C16H17N3S/c1-12-6-3-4-7-14(12)10-16(18-11-17)19-13(2)15-8-5-9-20-15/h3-9,13H,10H2,1-2H3,(H,18,19). The van der Waals surface area contributed by atoms with Crippen LogP contribution in [0.1, 0.15) is 29.0 Å². The van der Waals surface area contributed by atoms with Crippen molar-refractivity contribution in [3.63, 3.8) is 0 Å². The Balaban J connectivity index is 2.19. The zero-order valence-electron chi connectivity index (χ0n) is 11.6. The minimum Gasteiger partial charge on any atom is -0.280 e. The molecule has 0 saturated heterocycles. The Labute approximate surface area is 123 Å². The largest absolute Gasteiger partial charge is 0.280 e. The van der Waals surface area contributed by atoms with Gasteiger partial charge in [0.25, 0.3) is 0 Å². The molecule has 102 valence electrons. The minimum atomic E-state index is 0.0647. The first-order valence-electron chi connectivity index (χ1n) is 6.50. The third kappa shape index (κ3) is 3.69. The van der Waals surface area contributed by atoms with Crippen LogP contribution in [0.2, 0.25) is 0 Å². The van der Waals surface area contributed by atoms with Gasteiger partial charge in [0.05, 0.1) is 6.04 Å². The normalized spacial score (nSPS) is 12.8. The summed E-state index contributed by atoms with van der Waals surface area (Å²) >= 11 is 1.68. The highest BCUT2D eigenvalue weighted by atomic mass is 32.1. The molecule has 4 heteroatoms. The van der Waals surface area contributed by atoms with E-state index in [1.165, 1.54) is 16.0 Å². The van der Waals surface area contributed by atoms with Gasteiger partial charge in [0.2, 0.25) is 0 Å². The van der Waals surface area contributed by atoms with Crippen molar-refractivity contribution in [2.24, 2.45) is 4.99 Å². The lowest BCUT2D eigenvalue weighted by Gasteiger charge is -2.10. The van der Waals surface area contributed by atoms with Crippen LogP contribution < -0.4 is 5.32 Å². The monoisotopic (exact) mass is 283 g/mol. The van der Waals surface area contributed by atoms with Crippen molar-refractivity contribution < 1.29 is 0 Å². The molecule has 3 nitrogen and oxygen atoms in total. The van der Waals surface area contributed by atoms with Crippen LogP contribution in [0.4, 0.5) is 0 Å². The molecule has 0 aliphatic rings. The topological polar surface area (TPSA) is 48.2 Å². The number of nitrogens with zero attached hydrogens (tertiary/aromatic N) is 2. The summed E-state index contributed by atoms with van der Waals surface area (Å²) in [4.78, 5) is 5.84. The van der Waals surface area contributed by atoms with Crippen LogP contribution in [0.3, 0.4) is 0 Å². The highest BCUT2D eigenvalue weighted by Gasteiger charge is 2.08. The SMILES string of the molecule is Cc1ccccc1CC(=NC(C)c1cccs1)NC#N. The van der Waals surface area contributed by atoms with E-state index < -0.39 is 0 Å². The van der Waals surface area contributed by atoms with Crippen LogP contribution in [-0.2, 0) is 6.42 Å². The molecule has 0 aliphatic carbocycles. The van der Waals surface area contributed by atoms with E-state index >= 15 is 0 Å². The van der Waals surface area contributed by atoms with Gasteiger partial charge in [0.15, 0.2) is 6.19 Å². The predicted molar refractivity (Wildman–Crippen MR) is 83.8 cm³/mol. The van der Waals surface area contributed by atoms with Crippen molar-refractivity contribution in [3.8, 4) is 6.19 Å². The number of aliphatic imine (C=N–C) groups is 1. The molecule has 0 amide bonds. The van der Waals surface area contributed by atoms with Gasteiger partial charge in [-0.3, -0.25) is 10.3 Å². The predicted octanol–water partition coefficient (Wildman–Crippen LogP) is 3.83. The highest BCUT2D eigenvalue weighted by Crippen LogP contribution is 2.22. The van der Waals surface area contributed by atoms with E-state index in [0.717, 1.165) is 0 Å². The number of benzene rings is 1. The van der Waals surface area contributed by atoms with E-state index in [4.69, 9.17) is 5.26 Å². The lowest BCUT2D eigenvalue weighted by molar-refractivity contribution is 0.826. The fourth-order valence-corrected chi connectivity index (χ4v) is 2.72. The Bertz CT molecular complexity index is 623. The maximum Gasteiger partial charge on any atom is 0.182 e. The summed E-state index contributed by atoms with van der Waals surface area (Å²) in [6, 6.07) is 12.3. The summed E-state index contributed by atoms with van der Waals surface area (Å²) in [5.41, 5.74) is 2.40.